The molecule has 0 saturated carbocycles. The Hall–Kier alpha value is -1.36. The zero-order chi connectivity index (χ0) is 8.97. The molecule has 1 N–H and O–H groups in total. The maximum absolute atomic E-state index is 11.0. The van der Waals surface area contributed by atoms with E-state index in [1.54, 1.807) is 6.92 Å². The Bertz CT molecular complexity index is 269. The van der Waals surface area contributed by atoms with Gasteiger partial charge >= 0.3 is 5.97 Å². The van der Waals surface area contributed by atoms with Gasteiger partial charge in [0.2, 0.25) is 0 Å². The van der Waals surface area contributed by atoms with E-state index in [1.807, 2.05) is 6.92 Å². The molecule has 0 fully saturated rings. The Kier molecular flexibility index (Phi) is 2.82. The van der Waals surface area contributed by atoms with Crippen LogP contribution < -0.4 is 5.48 Å². The number of rotatable bonds is 3. The second kappa shape index (κ2) is 3.87. The molecule has 5 heteroatoms. The molecule has 0 aliphatic rings. The molecule has 0 amide bonds. The minimum absolute atomic E-state index is 0.174. The van der Waals surface area contributed by atoms with E-state index in [4.69, 9.17) is 4.42 Å². The minimum atomic E-state index is -0.534. The van der Waals surface area contributed by atoms with Gasteiger partial charge in [0.15, 0.2) is 11.6 Å². The van der Waals surface area contributed by atoms with Gasteiger partial charge in [0.05, 0.1) is 0 Å². The average Bonchev–Trinajstić information content (AvgIpc) is 2.47. The number of hydrogen-bond donors (Lipinski definition) is 1. The Morgan fingerprint density at radius 1 is 1.83 bits per heavy atom. The summed E-state index contributed by atoms with van der Waals surface area (Å²) in [5.74, 6) is -0.0906. The largest absolute Gasteiger partial charge is 0.448 e. The summed E-state index contributed by atoms with van der Waals surface area (Å²) in [6, 6.07) is 0. The van der Waals surface area contributed by atoms with E-state index >= 15 is 0 Å². The van der Waals surface area contributed by atoms with Crippen LogP contribution in [-0.4, -0.2) is 17.5 Å². The molecule has 66 valence electrons. The maximum atomic E-state index is 11.0. The third-order valence-corrected chi connectivity index (χ3v) is 1.14. The van der Waals surface area contributed by atoms with E-state index in [2.05, 4.69) is 15.3 Å². The first-order valence-electron chi connectivity index (χ1n) is 3.60. The van der Waals surface area contributed by atoms with Gasteiger partial charge in [0, 0.05) is 13.5 Å². The van der Waals surface area contributed by atoms with Crippen LogP contribution in [0.4, 0.5) is 0 Å². The van der Waals surface area contributed by atoms with Gasteiger partial charge < -0.3 is 9.25 Å². The van der Waals surface area contributed by atoms with Crippen LogP contribution >= 0.6 is 0 Å². The second-order valence-electron chi connectivity index (χ2n) is 2.14. The molecule has 1 heterocycles. The highest BCUT2D eigenvalue weighted by atomic mass is 16.7. The Labute approximate surface area is 69.7 Å². The van der Waals surface area contributed by atoms with E-state index < -0.39 is 5.97 Å². The maximum Gasteiger partial charge on any atom is 0.378 e. The molecule has 0 unspecified atom stereocenters. The highest BCUT2D eigenvalue weighted by Crippen LogP contribution is 2.00. The average molecular weight is 170 g/mol. The van der Waals surface area contributed by atoms with E-state index in [-0.39, 0.29) is 5.69 Å². The molecule has 1 aromatic heterocycles. The third-order valence-electron chi connectivity index (χ3n) is 1.14. The highest BCUT2D eigenvalue weighted by Gasteiger charge is 2.11. The van der Waals surface area contributed by atoms with E-state index in [0.717, 1.165) is 0 Å². The van der Waals surface area contributed by atoms with Crippen LogP contribution in [0.25, 0.3) is 0 Å². The number of hydrogen-bond acceptors (Lipinski definition) is 5. The molecule has 0 atom stereocenters. The summed E-state index contributed by atoms with van der Waals surface area (Å²) in [5.41, 5.74) is 2.60. The standard InChI is InChI=1S/C7H10N2O3/c1-3-8-12-7(10)6-4-11-5(2)9-6/h4,8H,3H2,1-2H3. The van der Waals surface area contributed by atoms with Gasteiger partial charge in [-0.05, 0) is 6.92 Å². The summed E-state index contributed by atoms with van der Waals surface area (Å²) in [7, 11) is 0. The molecule has 12 heavy (non-hydrogen) atoms. The van der Waals surface area contributed by atoms with Crippen molar-refractivity contribution in [2.75, 3.05) is 6.54 Å². The van der Waals surface area contributed by atoms with Gasteiger partial charge in [-0.25, -0.2) is 9.78 Å². The summed E-state index contributed by atoms with van der Waals surface area (Å²) in [6.45, 7) is 4.04. The number of carbonyl (C=O) groups is 1. The van der Waals surface area contributed by atoms with Crippen molar-refractivity contribution in [3.63, 3.8) is 0 Å². The van der Waals surface area contributed by atoms with Crippen LogP contribution in [-0.2, 0) is 4.84 Å². The zero-order valence-corrected chi connectivity index (χ0v) is 6.96. The lowest BCUT2D eigenvalue weighted by Crippen LogP contribution is -2.19. The van der Waals surface area contributed by atoms with Gasteiger partial charge in [0.25, 0.3) is 0 Å². The van der Waals surface area contributed by atoms with Crippen LogP contribution in [0.2, 0.25) is 0 Å². The molecule has 1 aromatic rings. The van der Waals surface area contributed by atoms with Crippen molar-refractivity contribution < 1.29 is 14.0 Å². The third kappa shape index (κ3) is 2.06. The normalized spacial score (nSPS) is 9.83. The monoisotopic (exact) mass is 170 g/mol. The van der Waals surface area contributed by atoms with Gasteiger partial charge in [-0.15, -0.1) is 0 Å². The van der Waals surface area contributed by atoms with Crippen LogP contribution in [0, 0.1) is 6.92 Å². The smallest absolute Gasteiger partial charge is 0.378 e. The summed E-state index contributed by atoms with van der Waals surface area (Å²) < 4.78 is 4.83. The first-order valence-corrected chi connectivity index (χ1v) is 3.60. The molecule has 0 radical (unpaired) electrons. The van der Waals surface area contributed by atoms with E-state index in [1.165, 1.54) is 6.26 Å². The minimum Gasteiger partial charge on any atom is -0.448 e. The fourth-order valence-corrected chi connectivity index (χ4v) is 0.647. The molecule has 0 bridgehead atoms. The van der Waals surface area contributed by atoms with Gasteiger partial charge in [0.1, 0.15) is 6.26 Å². The summed E-state index contributed by atoms with van der Waals surface area (Å²) >= 11 is 0. The first-order chi connectivity index (χ1) is 5.74. The molecular weight excluding hydrogens is 160 g/mol. The number of nitrogens with zero attached hydrogens (tertiary/aromatic N) is 1. The van der Waals surface area contributed by atoms with Crippen molar-refractivity contribution in [3.05, 3.63) is 17.8 Å². The number of aryl methyl sites for hydroxylation is 1. The summed E-state index contributed by atoms with van der Waals surface area (Å²) in [4.78, 5) is 19.4. The van der Waals surface area contributed by atoms with Crippen molar-refractivity contribution >= 4 is 5.97 Å². The summed E-state index contributed by atoms with van der Waals surface area (Å²) in [5, 5.41) is 0. The fourth-order valence-electron chi connectivity index (χ4n) is 0.647. The number of oxazole rings is 1. The number of nitrogens with one attached hydrogen (secondary N) is 1. The van der Waals surface area contributed by atoms with Crippen LogP contribution in [0.15, 0.2) is 10.7 Å². The lowest BCUT2D eigenvalue weighted by Gasteiger charge is -1.98. The molecule has 0 spiro atoms. The number of carbonyl (C=O) groups excluding carboxylic acids is 1. The molecule has 0 aliphatic heterocycles. The molecule has 0 saturated heterocycles. The lowest BCUT2D eigenvalue weighted by molar-refractivity contribution is 0.0258. The van der Waals surface area contributed by atoms with Crippen LogP contribution in [0.5, 0.6) is 0 Å². The number of hydroxylamine groups is 1. The molecule has 0 aliphatic carbocycles. The SMILES string of the molecule is CCNOC(=O)c1coc(C)n1. The highest BCUT2D eigenvalue weighted by molar-refractivity contribution is 5.86. The predicted molar refractivity (Wildman–Crippen MR) is 40.3 cm³/mol. The van der Waals surface area contributed by atoms with Crippen molar-refractivity contribution in [1.82, 2.24) is 10.5 Å². The lowest BCUT2D eigenvalue weighted by atomic mass is 10.5. The van der Waals surface area contributed by atoms with Gasteiger partial charge in [-0.3, -0.25) is 0 Å². The number of aromatic nitrogens is 1. The quantitative estimate of drug-likeness (QED) is 0.675. The van der Waals surface area contributed by atoms with Gasteiger partial charge in [-0.2, -0.15) is 5.48 Å². The first kappa shape index (κ1) is 8.73. The topological polar surface area (TPSA) is 64.4 Å². The molecule has 1 rings (SSSR count). The summed E-state index contributed by atoms with van der Waals surface area (Å²) in [6.07, 6.45) is 1.26. The van der Waals surface area contributed by atoms with Crippen molar-refractivity contribution in [2.24, 2.45) is 0 Å². The van der Waals surface area contributed by atoms with E-state index in [0.29, 0.717) is 12.4 Å². The molecule has 5 nitrogen and oxygen atoms in total. The second-order valence-corrected chi connectivity index (χ2v) is 2.14. The molecule has 0 aromatic carbocycles. The Morgan fingerprint density at radius 3 is 3.08 bits per heavy atom. The predicted octanol–water partition coefficient (Wildman–Crippen LogP) is 0.664. The van der Waals surface area contributed by atoms with Crippen LogP contribution in [0.1, 0.15) is 23.3 Å². The Balaban J connectivity index is 2.53. The Morgan fingerprint density at radius 2 is 2.58 bits per heavy atom. The van der Waals surface area contributed by atoms with Gasteiger partial charge in [-0.1, -0.05) is 0 Å². The van der Waals surface area contributed by atoms with Crippen molar-refractivity contribution in [3.8, 4) is 0 Å². The zero-order valence-electron chi connectivity index (χ0n) is 6.96. The van der Waals surface area contributed by atoms with E-state index in [9.17, 15) is 4.79 Å². The van der Waals surface area contributed by atoms with Crippen molar-refractivity contribution in [1.29, 1.82) is 0 Å². The molecular formula is C7H10N2O3. The van der Waals surface area contributed by atoms with Crippen LogP contribution in [0.3, 0.4) is 0 Å². The van der Waals surface area contributed by atoms with Crippen molar-refractivity contribution in [2.45, 2.75) is 13.8 Å². The fraction of sp³-hybridized carbons (Fsp3) is 0.429.